The van der Waals surface area contributed by atoms with Crippen LogP contribution in [0.15, 0.2) is 30.3 Å². The molecule has 116 valence electrons. The Bertz CT molecular complexity index is 438. The van der Waals surface area contributed by atoms with Crippen molar-refractivity contribution >= 4 is 11.7 Å². The maximum atomic E-state index is 11.3. The number of morpholine rings is 1. The first-order valence-electron chi connectivity index (χ1n) is 7.36. The summed E-state index contributed by atoms with van der Waals surface area (Å²) >= 11 is 0. The molecule has 0 spiro atoms. The predicted molar refractivity (Wildman–Crippen MR) is 82.5 cm³/mol. The van der Waals surface area contributed by atoms with Crippen LogP contribution in [0, 0.1) is 0 Å². The van der Waals surface area contributed by atoms with Crippen LogP contribution in [-0.2, 0) is 14.3 Å². The molecule has 0 radical (unpaired) electrons. The number of carbonyl (C=O) groups is 1. The van der Waals surface area contributed by atoms with Gasteiger partial charge >= 0.3 is 5.97 Å². The molecule has 0 aliphatic carbocycles. The fraction of sp³-hybridized carbons (Fsp3) is 0.562. The van der Waals surface area contributed by atoms with Crippen molar-refractivity contribution in [2.24, 2.45) is 0 Å². The van der Waals surface area contributed by atoms with Crippen LogP contribution in [0.5, 0.6) is 0 Å². The summed E-state index contributed by atoms with van der Waals surface area (Å²) in [4.78, 5) is 15.9. The average molecular weight is 292 g/mol. The number of anilines is 1. The number of rotatable bonds is 6. The number of benzene rings is 1. The number of likely N-dealkylation sites (N-methyl/N-ethyl adjacent to an activating group) is 1. The normalized spacial score (nSPS) is 19.2. The Morgan fingerprint density at radius 1 is 1.43 bits per heavy atom. The molecule has 1 heterocycles. The molecular weight excluding hydrogens is 268 g/mol. The van der Waals surface area contributed by atoms with E-state index < -0.39 is 0 Å². The number of methoxy groups -OCH3 is 1. The smallest absolute Gasteiger partial charge is 0.308 e. The van der Waals surface area contributed by atoms with E-state index in [9.17, 15) is 4.79 Å². The molecule has 0 bridgehead atoms. The number of esters is 1. The topological polar surface area (TPSA) is 42.0 Å². The number of para-hydroxylation sites is 1. The minimum Gasteiger partial charge on any atom is -0.469 e. The Kier molecular flexibility index (Phi) is 6.02. The van der Waals surface area contributed by atoms with Crippen molar-refractivity contribution in [2.45, 2.75) is 12.5 Å². The monoisotopic (exact) mass is 292 g/mol. The first-order valence-corrected chi connectivity index (χ1v) is 7.36. The van der Waals surface area contributed by atoms with Crippen LogP contribution in [0.25, 0.3) is 0 Å². The molecule has 0 amide bonds. The molecule has 1 aliphatic heterocycles. The molecule has 1 saturated heterocycles. The Morgan fingerprint density at radius 3 is 2.90 bits per heavy atom. The van der Waals surface area contributed by atoms with E-state index >= 15 is 0 Å². The molecule has 2 rings (SSSR count). The molecule has 1 atom stereocenters. The van der Waals surface area contributed by atoms with E-state index in [2.05, 4.69) is 29.0 Å². The van der Waals surface area contributed by atoms with E-state index in [1.807, 2.05) is 18.2 Å². The predicted octanol–water partition coefficient (Wildman–Crippen LogP) is 1.39. The second kappa shape index (κ2) is 8.00. The molecule has 21 heavy (non-hydrogen) atoms. The number of nitrogens with zero attached hydrogens (tertiary/aromatic N) is 2. The van der Waals surface area contributed by atoms with Crippen molar-refractivity contribution in [1.82, 2.24) is 4.90 Å². The Morgan fingerprint density at radius 2 is 2.19 bits per heavy atom. The van der Waals surface area contributed by atoms with Gasteiger partial charge in [-0.15, -0.1) is 0 Å². The molecule has 0 aromatic heterocycles. The van der Waals surface area contributed by atoms with Crippen molar-refractivity contribution < 1.29 is 14.3 Å². The lowest BCUT2D eigenvalue weighted by molar-refractivity contribution is -0.145. The molecule has 1 aromatic carbocycles. The van der Waals surface area contributed by atoms with E-state index in [1.54, 1.807) is 0 Å². The fourth-order valence-electron chi connectivity index (χ4n) is 2.48. The van der Waals surface area contributed by atoms with Crippen molar-refractivity contribution in [3.8, 4) is 0 Å². The fourth-order valence-corrected chi connectivity index (χ4v) is 2.48. The first kappa shape index (κ1) is 15.8. The second-order valence-electron chi connectivity index (χ2n) is 5.33. The summed E-state index contributed by atoms with van der Waals surface area (Å²) in [5.41, 5.74) is 1.22. The summed E-state index contributed by atoms with van der Waals surface area (Å²) in [5.74, 6) is -0.205. The molecule has 0 saturated carbocycles. The summed E-state index contributed by atoms with van der Waals surface area (Å²) < 4.78 is 10.3. The number of hydrogen-bond acceptors (Lipinski definition) is 5. The van der Waals surface area contributed by atoms with Crippen LogP contribution >= 0.6 is 0 Å². The highest BCUT2D eigenvalue weighted by Crippen LogP contribution is 2.12. The van der Waals surface area contributed by atoms with E-state index in [4.69, 9.17) is 9.47 Å². The third-order valence-corrected chi connectivity index (χ3v) is 3.79. The lowest BCUT2D eigenvalue weighted by atomic mass is 10.2. The summed E-state index contributed by atoms with van der Waals surface area (Å²) in [5, 5.41) is 0. The number of carbonyl (C=O) groups excluding carboxylic acids is 1. The van der Waals surface area contributed by atoms with Crippen molar-refractivity contribution in [3.63, 3.8) is 0 Å². The SMILES string of the molecule is COC(=O)C[C@H]1CN(CCN(C)c2ccccc2)CCO1. The average Bonchev–Trinajstić information content (AvgIpc) is 2.53. The Labute approximate surface area is 126 Å². The van der Waals surface area contributed by atoms with Gasteiger partial charge in [0.25, 0.3) is 0 Å². The summed E-state index contributed by atoms with van der Waals surface area (Å²) in [7, 11) is 3.51. The van der Waals surface area contributed by atoms with Gasteiger partial charge in [-0.25, -0.2) is 0 Å². The van der Waals surface area contributed by atoms with Gasteiger partial charge in [0, 0.05) is 38.9 Å². The highest BCUT2D eigenvalue weighted by Gasteiger charge is 2.23. The molecule has 5 nitrogen and oxygen atoms in total. The van der Waals surface area contributed by atoms with Crippen LogP contribution in [0.1, 0.15) is 6.42 Å². The van der Waals surface area contributed by atoms with Crippen molar-refractivity contribution in [2.75, 3.05) is 51.8 Å². The molecule has 1 aliphatic rings. The maximum absolute atomic E-state index is 11.3. The summed E-state index contributed by atoms with van der Waals surface area (Å²) in [6.45, 7) is 4.30. The van der Waals surface area contributed by atoms with E-state index in [0.717, 1.165) is 26.2 Å². The van der Waals surface area contributed by atoms with Crippen LogP contribution in [-0.4, -0.2) is 63.9 Å². The van der Waals surface area contributed by atoms with Crippen molar-refractivity contribution in [3.05, 3.63) is 30.3 Å². The molecular formula is C16H24N2O3. The van der Waals surface area contributed by atoms with E-state index in [0.29, 0.717) is 13.0 Å². The Balaban J connectivity index is 1.76. The van der Waals surface area contributed by atoms with Gasteiger partial charge in [-0.3, -0.25) is 9.69 Å². The first-order chi connectivity index (χ1) is 10.2. The second-order valence-corrected chi connectivity index (χ2v) is 5.33. The minimum atomic E-state index is -0.205. The zero-order valence-corrected chi connectivity index (χ0v) is 12.8. The van der Waals surface area contributed by atoms with Gasteiger partial charge in [-0.2, -0.15) is 0 Å². The molecule has 5 heteroatoms. The highest BCUT2D eigenvalue weighted by atomic mass is 16.5. The van der Waals surface area contributed by atoms with Crippen LogP contribution in [0.2, 0.25) is 0 Å². The van der Waals surface area contributed by atoms with Gasteiger partial charge < -0.3 is 14.4 Å². The highest BCUT2D eigenvalue weighted by molar-refractivity contribution is 5.69. The molecule has 0 unspecified atom stereocenters. The minimum absolute atomic E-state index is 0.0479. The van der Waals surface area contributed by atoms with Gasteiger partial charge in [0.15, 0.2) is 0 Å². The van der Waals surface area contributed by atoms with Gasteiger partial charge in [0.2, 0.25) is 0 Å². The molecule has 1 aromatic rings. The summed E-state index contributed by atoms with van der Waals surface area (Å²) in [6, 6.07) is 10.3. The van der Waals surface area contributed by atoms with E-state index in [-0.39, 0.29) is 12.1 Å². The van der Waals surface area contributed by atoms with Crippen LogP contribution in [0.3, 0.4) is 0 Å². The van der Waals surface area contributed by atoms with Crippen LogP contribution in [0.4, 0.5) is 5.69 Å². The van der Waals surface area contributed by atoms with Gasteiger partial charge in [-0.05, 0) is 12.1 Å². The Hall–Kier alpha value is -1.59. The third-order valence-electron chi connectivity index (χ3n) is 3.79. The quantitative estimate of drug-likeness (QED) is 0.741. The zero-order chi connectivity index (χ0) is 15.1. The summed E-state index contributed by atoms with van der Waals surface area (Å²) in [6.07, 6.45) is 0.287. The van der Waals surface area contributed by atoms with Gasteiger partial charge in [0.1, 0.15) is 0 Å². The molecule has 0 N–H and O–H groups in total. The largest absolute Gasteiger partial charge is 0.469 e. The third kappa shape index (κ3) is 5.02. The maximum Gasteiger partial charge on any atom is 0.308 e. The molecule has 1 fully saturated rings. The number of ether oxygens (including phenoxy) is 2. The lowest BCUT2D eigenvalue weighted by Gasteiger charge is -2.33. The van der Waals surface area contributed by atoms with Crippen LogP contribution < -0.4 is 4.90 Å². The van der Waals surface area contributed by atoms with Gasteiger partial charge in [-0.1, -0.05) is 18.2 Å². The number of hydrogen-bond donors (Lipinski definition) is 0. The van der Waals surface area contributed by atoms with Gasteiger partial charge in [0.05, 0.1) is 26.2 Å². The standard InChI is InChI=1S/C16H24N2O3/c1-17(14-6-4-3-5-7-14)8-9-18-10-11-21-15(13-18)12-16(19)20-2/h3-7,15H,8-13H2,1-2H3/t15-/m0/s1. The van der Waals surface area contributed by atoms with E-state index in [1.165, 1.54) is 12.8 Å². The van der Waals surface area contributed by atoms with Crippen molar-refractivity contribution in [1.29, 1.82) is 0 Å². The lowest BCUT2D eigenvalue weighted by Crippen LogP contribution is -2.45. The zero-order valence-electron chi connectivity index (χ0n) is 12.8.